The van der Waals surface area contributed by atoms with Gasteiger partial charge in [-0.1, -0.05) is 17.7 Å². The third-order valence-corrected chi connectivity index (χ3v) is 13.2. The minimum absolute atomic E-state index is 0.0698. The van der Waals surface area contributed by atoms with Crippen LogP contribution in [0.5, 0.6) is 11.8 Å². The summed E-state index contributed by atoms with van der Waals surface area (Å²) in [7, 11) is 0. The monoisotopic (exact) mass is 842 g/mol. The van der Waals surface area contributed by atoms with E-state index in [0.29, 0.717) is 37.1 Å². The van der Waals surface area contributed by atoms with Crippen LogP contribution in [-0.4, -0.2) is 106 Å². The number of amides is 2. The Hall–Kier alpha value is -4.28. The fraction of sp³-hybridized carbons (Fsp3) is 0.561. The summed E-state index contributed by atoms with van der Waals surface area (Å²) in [6.45, 7) is 12.3. The van der Waals surface area contributed by atoms with Crippen molar-refractivity contribution < 1.29 is 41.7 Å². The number of hydrogen-bond acceptors (Lipinski definition) is 11. The van der Waals surface area contributed by atoms with Crippen LogP contribution in [-0.2, 0) is 9.47 Å². The van der Waals surface area contributed by atoms with E-state index >= 15 is 8.78 Å². The number of alkyl halides is 1. The number of anilines is 2. The molecule has 9 rings (SSSR count). The van der Waals surface area contributed by atoms with E-state index in [1.54, 1.807) is 31.7 Å². The zero-order valence-corrected chi connectivity index (χ0v) is 34.8. The molecular formula is C41H46ClF3N6O6S. The number of nitrogens with one attached hydrogen (secondary N) is 1. The van der Waals surface area contributed by atoms with Gasteiger partial charge in [0.1, 0.15) is 47.7 Å². The van der Waals surface area contributed by atoms with E-state index in [0.717, 1.165) is 37.1 Å². The zero-order valence-electron chi connectivity index (χ0n) is 33.2. The van der Waals surface area contributed by atoms with E-state index in [1.807, 2.05) is 25.7 Å². The molecule has 2 aromatic carbocycles. The van der Waals surface area contributed by atoms with E-state index in [-0.39, 0.29) is 73.8 Å². The van der Waals surface area contributed by atoms with Crippen molar-refractivity contribution in [2.45, 2.75) is 115 Å². The molecule has 5 aliphatic heterocycles. The summed E-state index contributed by atoms with van der Waals surface area (Å²) in [5.74, 6) is -0.886. The smallest absolute Gasteiger partial charge is 0.412 e. The fourth-order valence-electron chi connectivity index (χ4n) is 9.55. The Morgan fingerprint density at radius 2 is 1.84 bits per heavy atom. The number of thiophene rings is 1. The highest BCUT2D eigenvalue weighted by molar-refractivity contribution is 7.23. The number of rotatable bonds is 5. The summed E-state index contributed by atoms with van der Waals surface area (Å²) in [5.41, 5.74) is -1.95. The fourth-order valence-corrected chi connectivity index (χ4v) is 10.9. The van der Waals surface area contributed by atoms with Gasteiger partial charge in [0.25, 0.3) is 0 Å². The number of carbonyl (C=O) groups is 2. The minimum Gasteiger partial charge on any atom is -0.489 e. The lowest BCUT2D eigenvalue weighted by atomic mass is 9.95. The van der Waals surface area contributed by atoms with Gasteiger partial charge in [-0.15, -0.1) is 11.3 Å². The second-order valence-corrected chi connectivity index (χ2v) is 19.5. The van der Waals surface area contributed by atoms with Gasteiger partial charge in [-0.2, -0.15) is 9.97 Å². The van der Waals surface area contributed by atoms with Crippen molar-refractivity contribution in [1.29, 1.82) is 0 Å². The van der Waals surface area contributed by atoms with E-state index < -0.39 is 52.8 Å². The number of aromatic nitrogens is 2. The van der Waals surface area contributed by atoms with Crippen molar-refractivity contribution in [2.75, 3.05) is 43.1 Å². The molecule has 2 bridgehead atoms. The maximum absolute atomic E-state index is 17.6. The standard InChI is InChI=1S/C41H46ClF3N6O6S/c1-39(2,3)56-37(52)46-27-14-23-22(9-10-24(44)34(23)58-27)28-30(42)33-29-32(31(28)45)47-36(55-19-41-12-7-13-49(41)16-20(43)15-41)48-35(29)50-17-21-8-11-25(26(50)18-54-33)51(21)38(53)57-40(4,5)6/h9-10,14,20-21,25-26H,7-8,11-13,15-19H2,1-6H3,(H,46,52)/t20-,21-,25+,26-,41+/m1/s1. The van der Waals surface area contributed by atoms with E-state index in [2.05, 4.69) is 15.2 Å². The predicted molar refractivity (Wildman–Crippen MR) is 215 cm³/mol. The Morgan fingerprint density at radius 3 is 2.60 bits per heavy atom. The van der Waals surface area contributed by atoms with Crippen LogP contribution < -0.4 is 19.7 Å². The van der Waals surface area contributed by atoms with Gasteiger partial charge in [0.2, 0.25) is 0 Å². The zero-order chi connectivity index (χ0) is 41.1. The largest absolute Gasteiger partial charge is 0.489 e. The Balaban J connectivity index is 1.17. The molecule has 2 aromatic heterocycles. The molecule has 4 fully saturated rings. The number of carbonyl (C=O) groups excluding carboxylic acids is 2. The molecule has 5 atom stereocenters. The third kappa shape index (κ3) is 6.72. The maximum Gasteiger partial charge on any atom is 0.412 e. The topological polar surface area (TPSA) is 119 Å². The molecule has 0 spiro atoms. The summed E-state index contributed by atoms with van der Waals surface area (Å²) in [4.78, 5) is 41.9. The second kappa shape index (κ2) is 13.9. The summed E-state index contributed by atoms with van der Waals surface area (Å²) < 4.78 is 72.1. The van der Waals surface area contributed by atoms with Crippen LogP contribution in [0.1, 0.15) is 73.6 Å². The normalized spacial score (nSPS) is 25.4. The number of benzene rings is 2. The molecule has 0 unspecified atom stereocenters. The number of halogens is 4. The van der Waals surface area contributed by atoms with Crippen molar-refractivity contribution in [3.63, 3.8) is 0 Å². The number of piperazine rings is 1. The van der Waals surface area contributed by atoms with Gasteiger partial charge >= 0.3 is 18.2 Å². The van der Waals surface area contributed by atoms with Crippen molar-refractivity contribution in [3.05, 3.63) is 34.9 Å². The summed E-state index contributed by atoms with van der Waals surface area (Å²) in [6.07, 6.45) is 1.28. The minimum atomic E-state index is -0.977. The predicted octanol–water partition coefficient (Wildman–Crippen LogP) is 9.09. The SMILES string of the molecule is CC(C)(C)OC(=O)Nc1cc2c(-c3c(Cl)c4c5c(nc(OC[C@@]67CCCN6C[C@H](F)C7)nc5c3F)N3C[C@H]5CC[C@@H]([C@H]3CO4)N5C(=O)OC(C)(C)C)ccc(F)c2s1. The average Bonchev–Trinajstić information content (AvgIpc) is 3.85. The van der Waals surface area contributed by atoms with Gasteiger partial charge in [0.05, 0.1) is 43.8 Å². The summed E-state index contributed by atoms with van der Waals surface area (Å²) >= 11 is 8.20. The van der Waals surface area contributed by atoms with E-state index in [1.165, 1.54) is 12.1 Å². The lowest BCUT2D eigenvalue weighted by Gasteiger charge is -2.46. The molecule has 4 aromatic rings. The van der Waals surface area contributed by atoms with E-state index in [4.69, 9.17) is 35.5 Å². The number of ether oxygens (including phenoxy) is 4. The average molecular weight is 843 g/mol. The van der Waals surface area contributed by atoms with Crippen molar-refractivity contribution in [3.8, 4) is 22.9 Å². The Kier molecular flexibility index (Phi) is 9.39. The molecule has 4 saturated heterocycles. The van der Waals surface area contributed by atoms with Gasteiger partial charge in [0.15, 0.2) is 11.6 Å². The first-order chi connectivity index (χ1) is 27.4. The molecule has 5 aliphatic rings. The molecule has 310 valence electrons. The van der Waals surface area contributed by atoms with Crippen LogP contribution in [0.3, 0.4) is 0 Å². The molecule has 17 heteroatoms. The first-order valence-corrected chi connectivity index (χ1v) is 21.0. The summed E-state index contributed by atoms with van der Waals surface area (Å²) in [6, 6.07) is 3.16. The van der Waals surface area contributed by atoms with Crippen molar-refractivity contribution in [2.24, 2.45) is 0 Å². The lowest BCUT2D eigenvalue weighted by molar-refractivity contribution is 0.00542. The molecule has 0 radical (unpaired) electrons. The van der Waals surface area contributed by atoms with Crippen LogP contribution in [0, 0.1) is 11.6 Å². The highest BCUT2D eigenvalue weighted by atomic mass is 35.5. The molecule has 2 amide bonds. The van der Waals surface area contributed by atoms with Gasteiger partial charge in [-0.05, 0) is 91.5 Å². The molecular weight excluding hydrogens is 797 g/mol. The van der Waals surface area contributed by atoms with Crippen LogP contribution in [0.2, 0.25) is 5.02 Å². The van der Waals surface area contributed by atoms with Gasteiger partial charge in [-0.25, -0.2) is 22.8 Å². The van der Waals surface area contributed by atoms with Crippen LogP contribution in [0.15, 0.2) is 18.2 Å². The van der Waals surface area contributed by atoms with Crippen molar-refractivity contribution >= 4 is 66.9 Å². The van der Waals surface area contributed by atoms with Gasteiger partial charge in [0, 0.05) is 30.5 Å². The quantitative estimate of drug-likeness (QED) is 0.209. The molecule has 0 aliphatic carbocycles. The highest BCUT2D eigenvalue weighted by Crippen LogP contribution is 2.52. The number of fused-ring (bicyclic) bond motifs is 7. The molecule has 7 heterocycles. The van der Waals surface area contributed by atoms with Gasteiger partial charge in [-0.3, -0.25) is 15.1 Å². The van der Waals surface area contributed by atoms with Crippen molar-refractivity contribution in [1.82, 2.24) is 19.8 Å². The molecule has 0 saturated carbocycles. The molecule has 12 nitrogen and oxygen atoms in total. The first kappa shape index (κ1) is 39.2. The van der Waals surface area contributed by atoms with E-state index in [9.17, 15) is 14.0 Å². The van der Waals surface area contributed by atoms with Crippen LogP contribution >= 0.6 is 22.9 Å². The third-order valence-electron chi connectivity index (χ3n) is 11.8. The summed E-state index contributed by atoms with van der Waals surface area (Å²) in [5, 5.41) is 3.42. The van der Waals surface area contributed by atoms with Gasteiger partial charge < -0.3 is 23.8 Å². The maximum atomic E-state index is 17.6. The first-order valence-electron chi connectivity index (χ1n) is 19.8. The Morgan fingerprint density at radius 1 is 1.07 bits per heavy atom. The molecule has 1 N–H and O–H groups in total. The second-order valence-electron chi connectivity index (χ2n) is 18.0. The number of hydrogen-bond donors (Lipinski definition) is 1. The Bertz CT molecular complexity index is 2350. The van der Waals surface area contributed by atoms with Crippen LogP contribution in [0.25, 0.3) is 32.1 Å². The molecule has 58 heavy (non-hydrogen) atoms. The highest BCUT2D eigenvalue weighted by Gasteiger charge is 2.53. The Labute approximate surface area is 342 Å². The lowest BCUT2D eigenvalue weighted by Crippen LogP contribution is -2.63. The number of nitrogens with zero attached hydrogens (tertiary/aromatic N) is 5. The van der Waals surface area contributed by atoms with Crippen LogP contribution in [0.4, 0.5) is 33.6 Å².